The molecule has 0 bridgehead atoms. The molecule has 1 aliphatic rings. The summed E-state index contributed by atoms with van der Waals surface area (Å²) in [6, 6.07) is 7.58. The third-order valence-electron chi connectivity index (χ3n) is 3.65. The summed E-state index contributed by atoms with van der Waals surface area (Å²) in [5, 5.41) is 3.04. The highest BCUT2D eigenvalue weighted by Gasteiger charge is 2.19. The van der Waals surface area contributed by atoms with Crippen LogP contribution in [0.5, 0.6) is 0 Å². The number of likely N-dealkylation sites (tertiary alicyclic amines) is 1. The molecule has 22 heavy (non-hydrogen) atoms. The molecule has 1 aromatic heterocycles. The highest BCUT2D eigenvalue weighted by Crippen LogP contribution is 2.17. The quantitative estimate of drug-likeness (QED) is 0.946. The number of rotatable bonds is 3. The van der Waals surface area contributed by atoms with Crippen molar-refractivity contribution >= 4 is 17.4 Å². The molecule has 0 spiro atoms. The highest BCUT2D eigenvalue weighted by molar-refractivity contribution is 5.93. The number of piperidine rings is 1. The molecule has 1 fully saturated rings. The normalized spacial score (nSPS) is 14.7. The van der Waals surface area contributed by atoms with Gasteiger partial charge in [-0.25, -0.2) is 14.4 Å². The van der Waals surface area contributed by atoms with E-state index >= 15 is 0 Å². The number of anilines is 2. The van der Waals surface area contributed by atoms with Crippen LogP contribution in [0.4, 0.5) is 15.9 Å². The van der Waals surface area contributed by atoms with Crippen molar-refractivity contribution in [2.75, 3.05) is 18.4 Å². The average Bonchev–Trinajstić information content (AvgIpc) is 2.57. The average molecular weight is 300 g/mol. The summed E-state index contributed by atoms with van der Waals surface area (Å²) in [6.07, 6.45) is 4.61. The van der Waals surface area contributed by atoms with Gasteiger partial charge in [0.05, 0.1) is 0 Å². The monoisotopic (exact) mass is 300 g/mol. The van der Waals surface area contributed by atoms with Crippen molar-refractivity contribution in [1.82, 2.24) is 14.9 Å². The minimum atomic E-state index is -0.297. The topological polar surface area (TPSA) is 58.1 Å². The van der Waals surface area contributed by atoms with E-state index in [0.717, 1.165) is 25.9 Å². The molecule has 2 heterocycles. The van der Waals surface area contributed by atoms with Crippen LogP contribution in [0, 0.1) is 5.82 Å². The molecule has 0 unspecified atom stereocenters. The van der Waals surface area contributed by atoms with Gasteiger partial charge in [0.1, 0.15) is 23.7 Å². The molecule has 114 valence electrons. The summed E-state index contributed by atoms with van der Waals surface area (Å²) in [6.45, 7) is 1.56. The molecular formula is C16H17FN4O. The second kappa shape index (κ2) is 6.51. The Morgan fingerprint density at radius 1 is 1.09 bits per heavy atom. The van der Waals surface area contributed by atoms with Gasteiger partial charge in [0.15, 0.2) is 0 Å². The maximum absolute atomic E-state index is 12.9. The Kier molecular flexibility index (Phi) is 4.27. The Hall–Kier alpha value is -2.50. The van der Waals surface area contributed by atoms with Crippen molar-refractivity contribution in [3.05, 3.63) is 48.2 Å². The highest BCUT2D eigenvalue weighted by atomic mass is 19.1. The molecule has 0 aliphatic carbocycles. The molecule has 3 rings (SSSR count). The summed E-state index contributed by atoms with van der Waals surface area (Å²) >= 11 is 0. The maximum Gasteiger partial charge on any atom is 0.272 e. The number of carbonyl (C=O) groups excluding carboxylic acids is 1. The number of carbonyl (C=O) groups is 1. The molecule has 1 N–H and O–H groups in total. The predicted molar refractivity (Wildman–Crippen MR) is 81.5 cm³/mol. The zero-order chi connectivity index (χ0) is 15.4. The van der Waals surface area contributed by atoms with E-state index in [1.165, 1.54) is 24.9 Å². The number of halogens is 1. The van der Waals surface area contributed by atoms with Crippen molar-refractivity contribution in [2.45, 2.75) is 19.3 Å². The summed E-state index contributed by atoms with van der Waals surface area (Å²) in [5.41, 5.74) is 1.08. The van der Waals surface area contributed by atoms with Gasteiger partial charge in [-0.3, -0.25) is 4.79 Å². The SMILES string of the molecule is O=C(c1cc(Nc2ccc(F)cc2)ncn1)N1CCCCC1. The van der Waals surface area contributed by atoms with Gasteiger partial charge >= 0.3 is 0 Å². The van der Waals surface area contributed by atoms with Crippen molar-refractivity contribution in [3.63, 3.8) is 0 Å². The van der Waals surface area contributed by atoms with Crippen LogP contribution < -0.4 is 5.32 Å². The first kappa shape index (κ1) is 14.4. The zero-order valence-electron chi connectivity index (χ0n) is 12.1. The van der Waals surface area contributed by atoms with Crippen LogP contribution in [0.25, 0.3) is 0 Å². The van der Waals surface area contributed by atoms with E-state index in [1.54, 1.807) is 18.2 Å². The minimum absolute atomic E-state index is 0.0655. The summed E-state index contributed by atoms with van der Waals surface area (Å²) < 4.78 is 12.9. The van der Waals surface area contributed by atoms with E-state index in [2.05, 4.69) is 15.3 Å². The smallest absolute Gasteiger partial charge is 0.272 e. The second-order valence-corrected chi connectivity index (χ2v) is 5.27. The first-order valence-corrected chi connectivity index (χ1v) is 7.36. The molecule has 6 heteroatoms. The van der Waals surface area contributed by atoms with Gasteiger partial charge in [-0.2, -0.15) is 0 Å². The Bertz CT molecular complexity index is 653. The van der Waals surface area contributed by atoms with Crippen molar-refractivity contribution in [3.8, 4) is 0 Å². The fourth-order valence-corrected chi connectivity index (χ4v) is 2.48. The number of aromatic nitrogens is 2. The number of hydrogen-bond acceptors (Lipinski definition) is 4. The molecule has 0 atom stereocenters. The fraction of sp³-hybridized carbons (Fsp3) is 0.312. The van der Waals surface area contributed by atoms with Gasteiger partial charge in [-0.05, 0) is 43.5 Å². The van der Waals surface area contributed by atoms with E-state index in [9.17, 15) is 9.18 Å². The van der Waals surface area contributed by atoms with Crippen LogP contribution in [0.2, 0.25) is 0 Å². The first-order valence-electron chi connectivity index (χ1n) is 7.36. The number of benzene rings is 1. The van der Waals surface area contributed by atoms with Crippen molar-refractivity contribution < 1.29 is 9.18 Å². The summed E-state index contributed by atoms with van der Waals surface area (Å²) in [5.74, 6) is 0.153. The number of nitrogens with one attached hydrogen (secondary N) is 1. The van der Waals surface area contributed by atoms with Crippen LogP contribution in [0.1, 0.15) is 29.8 Å². The fourth-order valence-electron chi connectivity index (χ4n) is 2.48. The van der Waals surface area contributed by atoms with Crippen LogP contribution >= 0.6 is 0 Å². The Balaban J connectivity index is 1.74. The molecular weight excluding hydrogens is 283 g/mol. The molecule has 1 aromatic carbocycles. The van der Waals surface area contributed by atoms with Gasteiger partial charge in [0, 0.05) is 24.8 Å². The van der Waals surface area contributed by atoms with Crippen LogP contribution in [0.15, 0.2) is 36.7 Å². The van der Waals surface area contributed by atoms with Gasteiger partial charge in [0.2, 0.25) is 0 Å². The number of amides is 1. The number of nitrogens with zero attached hydrogens (tertiary/aromatic N) is 3. The third-order valence-corrected chi connectivity index (χ3v) is 3.65. The lowest BCUT2D eigenvalue weighted by Crippen LogP contribution is -2.36. The van der Waals surface area contributed by atoms with E-state index in [4.69, 9.17) is 0 Å². The van der Waals surface area contributed by atoms with Gasteiger partial charge in [-0.1, -0.05) is 0 Å². The first-order chi connectivity index (χ1) is 10.7. The molecule has 0 radical (unpaired) electrons. The Morgan fingerprint density at radius 2 is 1.82 bits per heavy atom. The predicted octanol–water partition coefficient (Wildman–Crippen LogP) is 2.99. The lowest BCUT2D eigenvalue weighted by molar-refractivity contribution is 0.0718. The minimum Gasteiger partial charge on any atom is -0.340 e. The van der Waals surface area contributed by atoms with E-state index in [-0.39, 0.29) is 11.7 Å². The zero-order valence-corrected chi connectivity index (χ0v) is 12.1. The van der Waals surface area contributed by atoms with E-state index in [0.29, 0.717) is 17.2 Å². The van der Waals surface area contributed by atoms with Gasteiger partial charge in [0.25, 0.3) is 5.91 Å². The summed E-state index contributed by atoms with van der Waals surface area (Å²) in [7, 11) is 0. The van der Waals surface area contributed by atoms with E-state index in [1.807, 2.05) is 4.90 Å². The molecule has 2 aromatic rings. The lowest BCUT2D eigenvalue weighted by atomic mass is 10.1. The Morgan fingerprint density at radius 3 is 2.55 bits per heavy atom. The standard InChI is InChI=1S/C16H17FN4O/c17-12-4-6-13(7-5-12)20-15-10-14(18-11-19-15)16(22)21-8-2-1-3-9-21/h4-7,10-11H,1-3,8-9H2,(H,18,19,20). The molecule has 1 saturated heterocycles. The molecule has 0 saturated carbocycles. The van der Waals surface area contributed by atoms with Crippen LogP contribution in [0.3, 0.4) is 0 Å². The molecule has 5 nitrogen and oxygen atoms in total. The van der Waals surface area contributed by atoms with Crippen LogP contribution in [-0.2, 0) is 0 Å². The maximum atomic E-state index is 12.9. The third kappa shape index (κ3) is 3.39. The van der Waals surface area contributed by atoms with Crippen LogP contribution in [-0.4, -0.2) is 33.9 Å². The molecule has 1 aliphatic heterocycles. The lowest BCUT2D eigenvalue weighted by Gasteiger charge is -2.26. The van der Waals surface area contributed by atoms with Gasteiger partial charge in [-0.15, -0.1) is 0 Å². The number of hydrogen-bond donors (Lipinski definition) is 1. The van der Waals surface area contributed by atoms with E-state index < -0.39 is 0 Å². The second-order valence-electron chi connectivity index (χ2n) is 5.27. The van der Waals surface area contributed by atoms with Crippen molar-refractivity contribution in [2.24, 2.45) is 0 Å². The largest absolute Gasteiger partial charge is 0.340 e. The van der Waals surface area contributed by atoms with Gasteiger partial charge < -0.3 is 10.2 Å². The summed E-state index contributed by atoms with van der Waals surface area (Å²) in [4.78, 5) is 22.4. The van der Waals surface area contributed by atoms with Crippen molar-refractivity contribution in [1.29, 1.82) is 0 Å². The molecule has 1 amide bonds. The Labute approximate surface area is 128 Å².